The number of hydrogen-bond donors (Lipinski definition) is 2. The summed E-state index contributed by atoms with van der Waals surface area (Å²) in [5, 5.41) is 0. The average Bonchev–Trinajstić information content (AvgIpc) is 3.13. The zero-order valence-electron chi connectivity index (χ0n) is 32.8. The molecule has 9 nitrogen and oxygen atoms in total. The highest BCUT2D eigenvalue weighted by Gasteiger charge is 2.25. The Morgan fingerprint density at radius 3 is 1.63 bits per heavy atom. The summed E-state index contributed by atoms with van der Waals surface area (Å²) in [6.45, 7) is 3.54. The molecular formula is C42H74NO8P. The van der Waals surface area contributed by atoms with Crippen LogP contribution in [0.3, 0.4) is 0 Å². The van der Waals surface area contributed by atoms with Crippen LogP contribution in [-0.4, -0.2) is 49.3 Å². The van der Waals surface area contributed by atoms with Crippen LogP contribution in [0, 0.1) is 0 Å². The van der Waals surface area contributed by atoms with Gasteiger partial charge in [0.15, 0.2) is 6.10 Å². The molecule has 0 aromatic carbocycles. The van der Waals surface area contributed by atoms with Gasteiger partial charge < -0.3 is 20.1 Å². The minimum atomic E-state index is -4.39. The number of carbonyl (C=O) groups is 2. The highest BCUT2D eigenvalue weighted by molar-refractivity contribution is 7.47. The number of phosphoric acid groups is 1. The summed E-state index contributed by atoms with van der Waals surface area (Å²) in [4.78, 5) is 34.8. The van der Waals surface area contributed by atoms with Gasteiger partial charge in [0.05, 0.1) is 13.2 Å². The number of unbranched alkanes of at least 4 members (excludes halogenated alkanes) is 14. The zero-order valence-corrected chi connectivity index (χ0v) is 33.7. The number of hydrogen-bond acceptors (Lipinski definition) is 8. The molecule has 3 N–H and O–H groups in total. The lowest BCUT2D eigenvalue weighted by Gasteiger charge is -2.19. The quantitative estimate of drug-likeness (QED) is 0.0275. The predicted molar refractivity (Wildman–Crippen MR) is 215 cm³/mol. The van der Waals surface area contributed by atoms with Gasteiger partial charge in [-0.15, -0.1) is 0 Å². The molecule has 0 rings (SSSR count). The second-order valence-corrected chi connectivity index (χ2v) is 14.6. The summed E-state index contributed by atoms with van der Waals surface area (Å²) in [6.07, 6.45) is 44.0. The molecule has 0 saturated heterocycles. The van der Waals surface area contributed by atoms with E-state index in [1.165, 1.54) is 51.4 Å². The third-order valence-electron chi connectivity index (χ3n) is 8.14. The third kappa shape index (κ3) is 37.5. The van der Waals surface area contributed by atoms with Gasteiger partial charge in [0.2, 0.25) is 0 Å². The summed E-state index contributed by atoms with van der Waals surface area (Å²) in [5.74, 6) is -0.892. The van der Waals surface area contributed by atoms with Crippen molar-refractivity contribution in [2.75, 3.05) is 26.4 Å². The number of carbonyl (C=O) groups excluding carboxylic acids is 2. The van der Waals surface area contributed by atoms with Crippen molar-refractivity contribution in [3.63, 3.8) is 0 Å². The molecule has 0 radical (unpaired) electrons. The van der Waals surface area contributed by atoms with Gasteiger partial charge in [0, 0.05) is 19.4 Å². The Labute approximate surface area is 317 Å². The van der Waals surface area contributed by atoms with E-state index in [1.54, 1.807) is 0 Å². The Bertz CT molecular complexity index is 1040. The van der Waals surface area contributed by atoms with Crippen molar-refractivity contribution in [1.29, 1.82) is 0 Å². The largest absolute Gasteiger partial charge is 0.472 e. The van der Waals surface area contributed by atoms with Gasteiger partial charge in [0.25, 0.3) is 0 Å². The summed E-state index contributed by atoms with van der Waals surface area (Å²) >= 11 is 0. The molecular weight excluding hydrogens is 677 g/mol. The molecule has 1 unspecified atom stereocenters. The van der Waals surface area contributed by atoms with Crippen LogP contribution in [-0.2, 0) is 32.7 Å². The monoisotopic (exact) mass is 752 g/mol. The van der Waals surface area contributed by atoms with Gasteiger partial charge in [-0.3, -0.25) is 18.6 Å². The fourth-order valence-electron chi connectivity index (χ4n) is 5.15. The van der Waals surface area contributed by atoms with Gasteiger partial charge >= 0.3 is 19.8 Å². The summed E-state index contributed by atoms with van der Waals surface area (Å²) in [5.41, 5.74) is 5.33. The van der Waals surface area contributed by atoms with E-state index in [-0.39, 0.29) is 32.6 Å². The zero-order chi connectivity index (χ0) is 38.2. The lowest BCUT2D eigenvalue weighted by Crippen LogP contribution is -2.29. The van der Waals surface area contributed by atoms with Crippen molar-refractivity contribution in [3.05, 3.63) is 60.8 Å². The maximum absolute atomic E-state index is 12.5. The van der Waals surface area contributed by atoms with E-state index >= 15 is 0 Å². The topological polar surface area (TPSA) is 134 Å². The third-order valence-corrected chi connectivity index (χ3v) is 9.12. The highest BCUT2D eigenvalue weighted by atomic mass is 31.2. The molecule has 300 valence electrons. The Morgan fingerprint density at radius 2 is 1.06 bits per heavy atom. The maximum atomic E-state index is 12.5. The average molecular weight is 752 g/mol. The number of esters is 2. The molecule has 0 saturated carbocycles. The van der Waals surface area contributed by atoms with Gasteiger partial charge in [-0.05, 0) is 77.0 Å². The minimum absolute atomic E-state index is 0.0429. The normalized spacial score (nSPS) is 14.0. The molecule has 0 aromatic rings. The lowest BCUT2D eigenvalue weighted by atomic mass is 10.1. The number of nitrogens with two attached hydrogens (primary N) is 1. The molecule has 10 heteroatoms. The minimum Gasteiger partial charge on any atom is -0.462 e. The van der Waals surface area contributed by atoms with Crippen molar-refractivity contribution < 1.29 is 37.6 Å². The molecule has 0 heterocycles. The summed E-state index contributed by atoms with van der Waals surface area (Å²) < 4.78 is 32.6. The van der Waals surface area contributed by atoms with Gasteiger partial charge in [0.1, 0.15) is 6.61 Å². The first kappa shape index (κ1) is 49.7. The van der Waals surface area contributed by atoms with Crippen LogP contribution >= 0.6 is 7.82 Å². The van der Waals surface area contributed by atoms with Crippen LogP contribution in [0.4, 0.5) is 0 Å². The van der Waals surface area contributed by atoms with Gasteiger partial charge in [-0.1, -0.05) is 132 Å². The van der Waals surface area contributed by atoms with E-state index in [4.69, 9.17) is 24.3 Å². The standard InChI is InChI=1S/C42H74NO8P/c1-3-5-7-9-11-13-15-17-19-21-22-24-26-28-30-32-34-41(44)48-38-40(39-50-52(46,47)49-37-36-43)51-42(45)35-33-31-29-27-25-23-20-18-16-14-12-10-8-6-4-2/h6,8,12,14,18-21,25,27,40H,3-5,7,9-11,13,15-17,22-24,26,28-39,43H2,1-2H3,(H,46,47)/b8-6-,14-12-,20-18-,21-19-,27-25-/t40-/m1/s1. The van der Waals surface area contributed by atoms with E-state index in [2.05, 4.69) is 74.6 Å². The first-order valence-electron chi connectivity index (χ1n) is 20.3. The molecule has 0 aromatic heterocycles. The Morgan fingerprint density at radius 1 is 0.596 bits per heavy atom. The van der Waals surface area contributed by atoms with Crippen molar-refractivity contribution in [3.8, 4) is 0 Å². The lowest BCUT2D eigenvalue weighted by molar-refractivity contribution is -0.161. The predicted octanol–water partition coefficient (Wildman–Crippen LogP) is 11.3. The van der Waals surface area contributed by atoms with E-state index in [0.29, 0.717) is 12.8 Å². The fourth-order valence-corrected chi connectivity index (χ4v) is 5.91. The Kier molecular flexibility index (Phi) is 36.7. The second-order valence-electron chi connectivity index (χ2n) is 13.1. The molecule has 0 amide bonds. The van der Waals surface area contributed by atoms with Crippen molar-refractivity contribution in [1.82, 2.24) is 0 Å². The molecule has 0 aliphatic rings. The summed E-state index contributed by atoms with van der Waals surface area (Å²) in [6, 6.07) is 0. The van der Waals surface area contributed by atoms with E-state index in [0.717, 1.165) is 70.6 Å². The van der Waals surface area contributed by atoms with Crippen LogP contribution in [0.1, 0.15) is 162 Å². The fraction of sp³-hybridized carbons (Fsp3) is 0.714. The van der Waals surface area contributed by atoms with E-state index < -0.39 is 32.5 Å². The van der Waals surface area contributed by atoms with Gasteiger partial charge in [-0.25, -0.2) is 4.57 Å². The number of ether oxygens (including phenoxy) is 2. The van der Waals surface area contributed by atoms with Crippen molar-refractivity contribution in [2.45, 2.75) is 168 Å². The molecule has 0 bridgehead atoms. The molecule has 2 atom stereocenters. The first-order valence-corrected chi connectivity index (χ1v) is 21.8. The van der Waals surface area contributed by atoms with Crippen LogP contribution in [0.15, 0.2) is 60.8 Å². The molecule has 0 aliphatic heterocycles. The molecule has 0 aliphatic carbocycles. The van der Waals surface area contributed by atoms with Crippen LogP contribution in [0.5, 0.6) is 0 Å². The van der Waals surface area contributed by atoms with E-state index in [1.807, 2.05) is 0 Å². The van der Waals surface area contributed by atoms with Crippen molar-refractivity contribution in [2.24, 2.45) is 5.73 Å². The van der Waals surface area contributed by atoms with Gasteiger partial charge in [-0.2, -0.15) is 0 Å². The smallest absolute Gasteiger partial charge is 0.462 e. The van der Waals surface area contributed by atoms with Crippen LogP contribution < -0.4 is 5.73 Å². The van der Waals surface area contributed by atoms with E-state index in [9.17, 15) is 19.0 Å². The summed E-state index contributed by atoms with van der Waals surface area (Å²) in [7, 11) is -4.39. The first-order chi connectivity index (χ1) is 25.3. The van der Waals surface area contributed by atoms with Crippen LogP contribution in [0.2, 0.25) is 0 Å². The SMILES string of the molecule is CC/C=C\C/C=C\C/C=C\C/C=C\CCCCC(=O)O[C@H](COC(=O)CCCCCCC/C=C\CCCCCCCCC)COP(=O)(O)OCCN. The Hall–Kier alpha value is -2.29. The number of allylic oxidation sites excluding steroid dienone is 10. The molecule has 0 fully saturated rings. The molecule has 52 heavy (non-hydrogen) atoms. The Balaban J connectivity index is 4.28. The second kappa shape index (κ2) is 38.4. The van der Waals surface area contributed by atoms with Crippen LogP contribution in [0.25, 0.3) is 0 Å². The number of phosphoric ester groups is 1. The highest BCUT2D eigenvalue weighted by Crippen LogP contribution is 2.43. The number of rotatable bonds is 37. The molecule has 0 spiro atoms. The van der Waals surface area contributed by atoms with Crippen molar-refractivity contribution >= 4 is 19.8 Å². The maximum Gasteiger partial charge on any atom is 0.472 e.